The van der Waals surface area contributed by atoms with Crippen LogP contribution >= 0.6 is 0 Å². The summed E-state index contributed by atoms with van der Waals surface area (Å²) in [5.74, 6) is 0.452. The van der Waals surface area contributed by atoms with Gasteiger partial charge in [-0.3, -0.25) is 0 Å². The first-order valence-corrected chi connectivity index (χ1v) is 4.11. The lowest BCUT2D eigenvalue weighted by Gasteiger charge is -2.09. The minimum absolute atomic E-state index is 0.429. The fourth-order valence-electron chi connectivity index (χ4n) is 1.09. The number of hydrogen-bond donors (Lipinski definition) is 2. The van der Waals surface area contributed by atoms with Gasteiger partial charge in [-0.15, -0.1) is 0 Å². The van der Waals surface area contributed by atoms with Gasteiger partial charge in [-0.2, -0.15) is 0 Å². The van der Waals surface area contributed by atoms with E-state index in [-0.39, 0.29) is 0 Å². The van der Waals surface area contributed by atoms with Crippen LogP contribution in [0.4, 0.5) is 0 Å². The molecule has 0 bridgehead atoms. The summed E-state index contributed by atoms with van der Waals surface area (Å²) in [4.78, 5) is 3.97. The van der Waals surface area contributed by atoms with Gasteiger partial charge in [-0.1, -0.05) is 0 Å². The van der Waals surface area contributed by atoms with Crippen molar-refractivity contribution in [2.45, 2.75) is 13.8 Å². The molecule has 0 radical (unpaired) electrons. The number of aromatic nitrogens is 1. The van der Waals surface area contributed by atoms with Crippen molar-refractivity contribution in [1.29, 1.82) is 0 Å². The molecule has 0 atom stereocenters. The quantitative estimate of drug-likeness (QED) is 0.615. The zero-order valence-corrected chi connectivity index (χ0v) is 7.69. The Morgan fingerprint density at radius 3 is 2.77 bits per heavy atom. The van der Waals surface area contributed by atoms with Crippen LogP contribution in [0.15, 0.2) is 12.3 Å². The predicted octanol–water partition coefficient (Wildman–Crippen LogP) is -0.531. The van der Waals surface area contributed by atoms with Crippen molar-refractivity contribution >= 4 is 12.6 Å². The van der Waals surface area contributed by atoms with E-state index in [2.05, 4.69) is 4.98 Å². The van der Waals surface area contributed by atoms with Crippen LogP contribution in [0.25, 0.3) is 0 Å². The molecule has 0 aromatic carbocycles. The third-order valence-electron chi connectivity index (χ3n) is 1.76. The van der Waals surface area contributed by atoms with Crippen molar-refractivity contribution in [3.8, 4) is 5.88 Å². The second kappa shape index (κ2) is 4.25. The van der Waals surface area contributed by atoms with Gasteiger partial charge in [-0.05, 0) is 25.4 Å². The normalized spacial score (nSPS) is 9.85. The van der Waals surface area contributed by atoms with Crippen molar-refractivity contribution in [2.24, 2.45) is 0 Å². The van der Waals surface area contributed by atoms with Crippen molar-refractivity contribution < 1.29 is 14.8 Å². The van der Waals surface area contributed by atoms with E-state index >= 15 is 0 Å². The van der Waals surface area contributed by atoms with E-state index in [4.69, 9.17) is 14.8 Å². The number of ether oxygens (including phenoxy) is 1. The minimum atomic E-state index is -1.47. The van der Waals surface area contributed by atoms with Gasteiger partial charge in [0.1, 0.15) is 0 Å². The van der Waals surface area contributed by atoms with Crippen LogP contribution in [0, 0.1) is 6.92 Å². The van der Waals surface area contributed by atoms with Crippen LogP contribution in [0.2, 0.25) is 0 Å². The molecule has 2 N–H and O–H groups in total. The molecule has 0 saturated carbocycles. The standard InChI is InChI=1S/C8H12BNO3/c1-3-13-8-6(2)7(9(11)12)4-5-10-8/h4-5,11-12H,3H2,1-2H3. The topological polar surface area (TPSA) is 62.6 Å². The number of hydrogen-bond acceptors (Lipinski definition) is 4. The molecular formula is C8H12BNO3. The van der Waals surface area contributed by atoms with E-state index in [1.807, 2.05) is 6.92 Å². The van der Waals surface area contributed by atoms with E-state index in [0.29, 0.717) is 23.5 Å². The SMILES string of the molecule is CCOc1nccc(B(O)O)c1C. The van der Waals surface area contributed by atoms with E-state index in [9.17, 15) is 0 Å². The second-order valence-electron chi connectivity index (χ2n) is 2.64. The summed E-state index contributed by atoms with van der Waals surface area (Å²) >= 11 is 0. The largest absolute Gasteiger partial charge is 0.488 e. The highest BCUT2D eigenvalue weighted by Gasteiger charge is 2.16. The third kappa shape index (κ3) is 2.20. The molecule has 0 aliphatic rings. The third-order valence-corrected chi connectivity index (χ3v) is 1.76. The van der Waals surface area contributed by atoms with Crippen molar-refractivity contribution in [3.05, 3.63) is 17.8 Å². The summed E-state index contributed by atoms with van der Waals surface area (Å²) in [6.07, 6.45) is 1.49. The fraction of sp³-hybridized carbons (Fsp3) is 0.375. The average Bonchev–Trinajstić information content (AvgIpc) is 2.08. The number of pyridine rings is 1. The molecule has 0 saturated heterocycles. The Balaban J connectivity index is 3.03. The van der Waals surface area contributed by atoms with Crippen LogP contribution in [-0.2, 0) is 0 Å². The molecule has 0 aliphatic heterocycles. The maximum Gasteiger partial charge on any atom is 0.488 e. The monoisotopic (exact) mass is 181 g/mol. The first-order valence-electron chi connectivity index (χ1n) is 4.11. The number of nitrogens with zero attached hydrogens (tertiary/aromatic N) is 1. The van der Waals surface area contributed by atoms with Crippen LogP contribution in [0.5, 0.6) is 5.88 Å². The first-order chi connectivity index (χ1) is 6.16. The van der Waals surface area contributed by atoms with E-state index in [1.54, 1.807) is 13.0 Å². The van der Waals surface area contributed by atoms with Crippen LogP contribution in [-0.4, -0.2) is 28.8 Å². The molecule has 0 unspecified atom stereocenters. The maximum atomic E-state index is 8.97. The molecule has 4 nitrogen and oxygen atoms in total. The highest BCUT2D eigenvalue weighted by Crippen LogP contribution is 2.10. The Bertz CT molecular complexity index is 291. The Kier molecular flexibility index (Phi) is 3.28. The summed E-state index contributed by atoms with van der Waals surface area (Å²) < 4.78 is 5.19. The lowest BCUT2D eigenvalue weighted by molar-refractivity contribution is 0.324. The van der Waals surface area contributed by atoms with E-state index in [1.165, 1.54) is 6.20 Å². The molecule has 0 fully saturated rings. The summed E-state index contributed by atoms with van der Waals surface area (Å²) in [5, 5.41) is 17.9. The van der Waals surface area contributed by atoms with Gasteiger partial charge < -0.3 is 14.8 Å². The summed E-state index contributed by atoms with van der Waals surface area (Å²) in [7, 11) is -1.47. The Labute approximate surface area is 77.3 Å². The fourth-order valence-corrected chi connectivity index (χ4v) is 1.09. The Morgan fingerprint density at radius 2 is 2.23 bits per heavy atom. The van der Waals surface area contributed by atoms with Crippen molar-refractivity contribution in [3.63, 3.8) is 0 Å². The van der Waals surface area contributed by atoms with Gasteiger partial charge in [0.2, 0.25) is 5.88 Å². The lowest BCUT2D eigenvalue weighted by atomic mass is 9.78. The molecule has 0 spiro atoms. The van der Waals surface area contributed by atoms with Gasteiger partial charge in [0.25, 0.3) is 0 Å². The molecular weight excluding hydrogens is 169 g/mol. The minimum Gasteiger partial charge on any atom is -0.478 e. The van der Waals surface area contributed by atoms with Gasteiger partial charge in [0, 0.05) is 11.8 Å². The lowest BCUT2D eigenvalue weighted by Crippen LogP contribution is -2.32. The second-order valence-corrected chi connectivity index (χ2v) is 2.64. The van der Waals surface area contributed by atoms with Crippen molar-refractivity contribution in [2.75, 3.05) is 6.61 Å². The molecule has 1 aromatic rings. The highest BCUT2D eigenvalue weighted by atomic mass is 16.5. The van der Waals surface area contributed by atoms with E-state index < -0.39 is 7.12 Å². The summed E-state index contributed by atoms with van der Waals surface area (Å²) in [5.41, 5.74) is 1.10. The zero-order valence-electron chi connectivity index (χ0n) is 7.69. The molecule has 0 amide bonds. The summed E-state index contributed by atoms with van der Waals surface area (Å²) in [6, 6.07) is 1.56. The van der Waals surface area contributed by atoms with E-state index in [0.717, 1.165) is 0 Å². The molecule has 70 valence electrons. The molecule has 1 aromatic heterocycles. The van der Waals surface area contributed by atoms with Gasteiger partial charge in [0.05, 0.1) is 6.61 Å². The molecule has 1 rings (SSSR count). The van der Waals surface area contributed by atoms with Crippen molar-refractivity contribution in [1.82, 2.24) is 4.98 Å². The van der Waals surface area contributed by atoms with Crippen LogP contribution < -0.4 is 10.2 Å². The Morgan fingerprint density at radius 1 is 1.54 bits per heavy atom. The summed E-state index contributed by atoms with van der Waals surface area (Å²) in [6.45, 7) is 4.11. The molecule has 5 heteroatoms. The van der Waals surface area contributed by atoms with Crippen LogP contribution in [0.3, 0.4) is 0 Å². The van der Waals surface area contributed by atoms with Gasteiger partial charge >= 0.3 is 7.12 Å². The number of rotatable bonds is 3. The smallest absolute Gasteiger partial charge is 0.478 e. The van der Waals surface area contributed by atoms with Gasteiger partial charge in [-0.25, -0.2) is 4.98 Å². The predicted molar refractivity (Wildman–Crippen MR) is 50.0 cm³/mol. The average molecular weight is 181 g/mol. The zero-order chi connectivity index (χ0) is 9.84. The molecule has 13 heavy (non-hydrogen) atoms. The molecule has 0 aliphatic carbocycles. The highest BCUT2D eigenvalue weighted by molar-refractivity contribution is 6.59. The Hall–Kier alpha value is -1.07. The molecule has 1 heterocycles. The maximum absolute atomic E-state index is 8.97. The first kappa shape index (κ1) is 10.0. The van der Waals surface area contributed by atoms with Gasteiger partial charge in [0.15, 0.2) is 0 Å². The van der Waals surface area contributed by atoms with Crippen LogP contribution in [0.1, 0.15) is 12.5 Å².